The number of nitrogens with one attached hydrogen (secondary N) is 1. The van der Waals surface area contributed by atoms with Gasteiger partial charge in [-0.3, -0.25) is 19.1 Å². The van der Waals surface area contributed by atoms with Gasteiger partial charge < -0.3 is 9.84 Å². The molecule has 0 radical (unpaired) electrons. The van der Waals surface area contributed by atoms with Crippen LogP contribution in [0.15, 0.2) is 39.0 Å². The highest BCUT2D eigenvalue weighted by Gasteiger charge is 2.36. The number of aromatic nitrogens is 2. The first-order valence-corrected chi connectivity index (χ1v) is 11.1. The van der Waals surface area contributed by atoms with Crippen LogP contribution < -0.4 is 16.0 Å². The molecule has 0 spiro atoms. The molecule has 32 heavy (non-hydrogen) atoms. The van der Waals surface area contributed by atoms with Gasteiger partial charge in [0.1, 0.15) is 11.3 Å². The van der Waals surface area contributed by atoms with Crippen LogP contribution in [0.3, 0.4) is 0 Å². The molecule has 1 atom stereocenters. The number of rotatable bonds is 5. The topological polar surface area (TPSA) is 117 Å². The molecule has 1 aliphatic heterocycles. The molecule has 0 saturated heterocycles. The fourth-order valence-corrected chi connectivity index (χ4v) is 4.71. The molecule has 1 saturated carbocycles. The first-order chi connectivity index (χ1) is 15.4. The van der Waals surface area contributed by atoms with Gasteiger partial charge in [0, 0.05) is 24.9 Å². The molecule has 1 aliphatic carbocycles. The number of carbonyl (C=O) groups excluding carboxylic acids is 1. The number of H-pyrrole nitrogens is 1. The summed E-state index contributed by atoms with van der Waals surface area (Å²) in [5.41, 5.74) is -0.360. The maximum absolute atomic E-state index is 12.7. The van der Waals surface area contributed by atoms with E-state index in [1.165, 1.54) is 16.5 Å². The van der Waals surface area contributed by atoms with Crippen molar-refractivity contribution in [2.75, 3.05) is 6.61 Å². The number of carbonyl (C=O) groups is 1. The van der Waals surface area contributed by atoms with Crippen molar-refractivity contribution in [1.82, 2.24) is 14.6 Å². The van der Waals surface area contributed by atoms with Crippen LogP contribution in [0.4, 0.5) is 0 Å². The van der Waals surface area contributed by atoms with Crippen LogP contribution in [0.1, 0.15) is 75.6 Å². The minimum atomic E-state index is -0.708. The minimum absolute atomic E-state index is 0.0576. The summed E-state index contributed by atoms with van der Waals surface area (Å²) in [5, 5.41) is 16.7. The lowest BCUT2D eigenvalue weighted by Gasteiger charge is -2.25. The Balaban J connectivity index is 1.78. The molecule has 1 amide bonds. The van der Waals surface area contributed by atoms with E-state index in [4.69, 9.17) is 4.74 Å². The summed E-state index contributed by atoms with van der Waals surface area (Å²) in [6, 6.07) is 6.72. The Bertz CT molecular complexity index is 1160. The van der Waals surface area contributed by atoms with Crippen molar-refractivity contribution in [1.29, 1.82) is 0 Å². The zero-order chi connectivity index (χ0) is 22.8. The van der Waals surface area contributed by atoms with E-state index in [9.17, 15) is 19.5 Å². The second-order valence-electron chi connectivity index (χ2n) is 8.22. The van der Waals surface area contributed by atoms with E-state index in [2.05, 4.69) is 10.1 Å². The quantitative estimate of drug-likeness (QED) is 0.741. The van der Waals surface area contributed by atoms with E-state index in [1.807, 2.05) is 31.2 Å². The Morgan fingerprint density at radius 1 is 1.22 bits per heavy atom. The molecular weight excluding hydrogens is 412 g/mol. The first-order valence-electron chi connectivity index (χ1n) is 11.1. The molecule has 0 unspecified atom stereocenters. The van der Waals surface area contributed by atoms with Crippen LogP contribution >= 0.6 is 0 Å². The summed E-state index contributed by atoms with van der Waals surface area (Å²) < 4.78 is 7.00. The van der Waals surface area contributed by atoms with Crippen LogP contribution in [0.2, 0.25) is 0 Å². The molecule has 1 fully saturated rings. The summed E-state index contributed by atoms with van der Waals surface area (Å²) in [6.45, 7) is 3.74. The van der Waals surface area contributed by atoms with Gasteiger partial charge in [-0.1, -0.05) is 37.5 Å². The number of para-hydroxylation sites is 1. The lowest BCUT2D eigenvalue weighted by molar-refractivity contribution is -0.130. The summed E-state index contributed by atoms with van der Waals surface area (Å²) in [4.78, 5) is 40.0. The monoisotopic (exact) mass is 440 g/mol. The Hall–Kier alpha value is -3.36. The van der Waals surface area contributed by atoms with E-state index in [0.717, 1.165) is 37.7 Å². The van der Waals surface area contributed by atoms with E-state index in [-0.39, 0.29) is 35.5 Å². The fraction of sp³-hybridized carbons (Fsp3) is 0.478. The molecule has 170 valence electrons. The number of amides is 1. The summed E-state index contributed by atoms with van der Waals surface area (Å²) in [7, 11) is 0. The SMILES string of the molecule is CCOc1ccccc1[C@H]1CC(c2c(O)n(C3CCCCC3)c(=O)[nH]c2=O)=NN1C(C)=O. The minimum Gasteiger partial charge on any atom is -0.494 e. The molecule has 2 N–H and O–H groups in total. The van der Waals surface area contributed by atoms with Gasteiger partial charge in [0.2, 0.25) is 11.8 Å². The molecule has 0 bridgehead atoms. The highest BCUT2D eigenvalue weighted by molar-refractivity contribution is 6.04. The van der Waals surface area contributed by atoms with E-state index in [1.54, 1.807) is 0 Å². The number of aromatic hydroxyl groups is 1. The average molecular weight is 441 g/mol. The molecule has 1 aromatic carbocycles. The Morgan fingerprint density at radius 2 is 1.94 bits per heavy atom. The molecular formula is C23H28N4O5. The third-order valence-electron chi connectivity index (χ3n) is 6.16. The van der Waals surface area contributed by atoms with Crippen molar-refractivity contribution in [3.63, 3.8) is 0 Å². The third-order valence-corrected chi connectivity index (χ3v) is 6.16. The van der Waals surface area contributed by atoms with Gasteiger partial charge in [-0.15, -0.1) is 0 Å². The number of nitrogens with zero attached hydrogens (tertiary/aromatic N) is 3. The van der Waals surface area contributed by atoms with Gasteiger partial charge in [-0.2, -0.15) is 5.10 Å². The van der Waals surface area contributed by atoms with Gasteiger partial charge in [0.15, 0.2) is 0 Å². The lowest BCUT2D eigenvalue weighted by atomic mass is 9.94. The molecule has 2 heterocycles. The largest absolute Gasteiger partial charge is 0.494 e. The molecule has 2 aromatic rings. The fourth-order valence-electron chi connectivity index (χ4n) is 4.71. The average Bonchev–Trinajstić information content (AvgIpc) is 3.20. The normalized spacial score (nSPS) is 19.1. The Morgan fingerprint density at radius 3 is 2.62 bits per heavy atom. The van der Waals surface area contributed by atoms with Crippen molar-refractivity contribution >= 4 is 11.6 Å². The molecule has 9 nitrogen and oxygen atoms in total. The lowest BCUT2D eigenvalue weighted by Crippen LogP contribution is -2.36. The van der Waals surface area contributed by atoms with Gasteiger partial charge in [0.25, 0.3) is 5.56 Å². The predicted molar refractivity (Wildman–Crippen MR) is 119 cm³/mol. The van der Waals surface area contributed by atoms with E-state index in [0.29, 0.717) is 12.4 Å². The zero-order valence-electron chi connectivity index (χ0n) is 18.3. The number of hydrazone groups is 1. The predicted octanol–water partition coefficient (Wildman–Crippen LogP) is 2.84. The van der Waals surface area contributed by atoms with Crippen molar-refractivity contribution < 1.29 is 14.6 Å². The smallest absolute Gasteiger partial charge is 0.331 e. The maximum atomic E-state index is 12.7. The number of ether oxygens (including phenoxy) is 1. The van der Waals surface area contributed by atoms with Crippen molar-refractivity contribution in [3.8, 4) is 11.6 Å². The molecule has 9 heteroatoms. The number of hydrogen-bond acceptors (Lipinski definition) is 6. The summed E-state index contributed by atoms with van der Waals surface area (Å²) in [5.74, 6) is -0.0486. The van der Waals surface area contributed by atoms with Crippen LogP contribution in [-0.2, 0) is 4.79 Å². The standard InChI is InChI=1S/C23H28N4O5/c1-3-32-19-12-8-7-11-16(19)18-13-17(25-27(18)14(2)28)20-21(29)24-23(31)26(22(20)30)15-9-5-4-6-10-15/h7-8,11-12,15,18,30H,3-6,9-10,13H2,1-2H3,(H,24,29,31)/t18-/m1/s1. The molecule has 4 rings (SSSR count). The second-order valence-corrected chi connectivity index (χ2v) is 8.22. The third kappa shape index (κ3) is 3.94. The van der Waals surface area contributed by atoms with Crippen molar-refractivity contribution in [2.45, 2.75) is 64.5 Å². The van der Waals surface area contributed by atoms with Crippen molar-refractivity contribution in [3.05, 3.63) is 56.2 Å². The second kappa shape index (κ2) is 9.02. The van der Waals surface area contributed by atoms with Crippen LogP contribution in [0.25, 0.3) is 0 Å². The van der Waals surface area contributed by atoms with E-state index >= 15 is 0 Å². The Labute approximate surface area is 185 Å². The number of benzene rings is 1. The molecule has 2 aliphatic rings. The van der Waals surface area contributed by atoms with Crippen LogP contribution in [-0.4, -0.2) is 37.9 Å². The van der Waals surface area contributed by atoms with Crippen LogP contribution in [0.5, 0.6) is 11.6 Å². The van der Waals surface area contributed by atoms with Gasteiger partial charge in [-0.25, -0.2) is 9.80 Å². The number of hydrogen-bond donors (Lipinski definition) is 2. The Kier molecular flexibility index (Phi) is 6.16. The van der Waals surface area contributed by atoms with Crippen LogP contribution in [0, 0.1) is 0 Å². The zero-order valence-corrected chi connectivity index (χ0v) is 18.3. The van der Waals surface area contributed by atoms with Crippen molar-refractivity contribution in [2.24, 2.45) is 5.10 Å². The highest BCUT2D eigenvalue weighted by Crippen LogP contribution is 2.38. The first kappa shape index (κ1) is 21.9. The summed E-state index contributed by atoms with van der Waals surface area (Å²) in [6.07, 6.45) is 4.73. The molecule has 1 aromatic heterocycles. The summed E-state index contributed by atoms with van der Waals surface area (Å²) >= 11 is 0. The van der Waals surface area contributed by atoms with Gasteiger partial charge in [-0.05, 0) is 25.8 Å². The number of aromatic amines is 1. The van der Waals surface area contributed by atoms with Gasteiger partial charge in [0.05, 0.1) is 18.4 Å². The van der Waals surface area contributed by atoms with Gasteiger partial charge >= 0.3 is 5.69 Å². The highest BCUT2D eigenvalue weighted by atomic mass is 16.5. The van der Waals surface area contributed by atoms with E-state index < -0.39 is 17.3 Å². The maximum Gasteiger partial charge on any atom is 0.331 e.